The normalized spacial score (nSPS) is 12.3. The van der Waals surface area contributed by atoms with E-state index < -0.39 is 0 Å². The summed E-state index contributed by atoms with van der Waals surface area (Å²) in [4.78, 5) is 17.2. The van der Waals surface area contributed by atoms with Gasteiger partial charge in [-0.2, -0.15) is 5.10 Å². The topological polar surface area (TPSA) is 59.8 Å². The van der Waals surface area contributed by atoms with Crippen molar-refractivity contribution in [2.45, 2.75) is 19.8 Å². The van der Waals surface area contributed by atoms with Crippen LogP contribution in [0, 0.1) is 0 Å². The summed E-state index contributed by atoms with van der Waals surface area (Å²) in [5, 5.41) is 9.05. The van der Waals surface area contributed by atoms with Gasteiger partial charge in [-0.15, -0.1) is 0 Å². The molecule has 2 heterocycles. The Labute approximate surface area is 177 Å². The highest BCUT2D eigenvalue weighted by molar-refractivity contribution is 7.19. The molecule has 0 radical (unpaired) electrons. The number of hydrogen-bond acceptors (Lipinski definition) is 4. The third-order valence-corrected chi connectivity index (χ3v) is 6.26. The number of nitrogens with zero attached hydrogens (tertiary/aromatic N) is 3. The first-order chi connectivity index (χ1) is 14.1. The predicted molar refractivity (Wildman–Crippen MR) is 117 cm³/mol. The number of nitrogens with one attached hydrogen (secondary N) is 1. The molecule has 1 aliphatic carbocycles. The molecule has 29 heavy (non-hydrogen) atoms. The van der Waals surface area contributed by atoms with Crippen molar-refractivity contribution in [2.75, 3.05) is 5.32 Å². The van der Waals surface area contributed by atoms with Crippen molar-refractivity contribution in [1.82, 2.24) is 14.8 Å². The zero-order valence-electron chi connectivity index (χ0n) is 15.6. The number of carbonyl (C=O) groups excluding carboxylic acids is 1. The van der Waals surface area contributed by atoms with Gasteiger partial charge in [0, 0.05) is 18.1 Å². The maximum atomic E-state index is 11.5. The van der Waals surface area contributed by atoms with Crippen LogP contribution in [0.4, 0.5) is 5.13 Å². The third kappa shape index (κ3) is 3.14. The molecule has 0 atom stereocenters. The molecule has 1 aliphatic rings. The van der Waals surface area contributed by atoms with Crippen molar-refractivity contribution >= 4 is 34.0 Å². The molecule has 0 saturated carbocycles. The SMILES string of the molecule is CC(=O)Nc1nc2c(s1)-c1c(c(-c3ccccc3)nn1-c1ccccc1Cl)CC2. The Kier molecular flexibility index (Phi) is 4.45. The molecule has 0 aliphatic heterocycles. The minimum absolute atomic E-state index is 0.124. The van der Waals surface area contributed by atoms with Crippen LogP contribution in [0.2, 0.25) is 5.02 Å². The highest BCUT2D eigenvalue weighted by atomic mass is 35.5. The van der Waals surface area contributed by atoms with Gasteiger partial charge < -0.3 is 5.32 Å². The molecule has 0 unspecified atom stereocenters. The number of amides is 1. The van der Waals surface area contributed by atoms with Gasteiger partial charge in [0.1, 0.15) is 0 Å². The zero-order valence-corrected chi connectivity index (χ0v) is 17.2. The number of anilines is 1. The highest BCUT2D eigenvalue weighted by Gasteiger charge is 2.30. The number of hydrogen-bond donors (Lipinski definition) is 1. The number of rotatable bonds is 3. The van der Waals surface area contributed by atoms with E-state index in [1.165, 1.54) is 23.8 Å². The first-order valence-electron chi connectivity index (χ1n) is 9.31. The minimum Gasteiger partial charge on any atom is -0.302 e. The number of fused-ring (bicyclic) bond motifs is 3. The van der Waals surface area contributed by atoms with E-state index in [-0.39, 0.29) is 5.91 Å². The predicted octanol–water partition coefficient (Wildman–Crippen LogP) is 5.37. The quantitative estimate of drug-likeness (QED) is 0.484. The Balaban J connectivity index is 1.77. The zero-order chi connectivity index (χ0) is 20.0. The van der Waals surface area contributed by atoms with Crippen LogP contribution in [0.5, 0.6) is 0 Å². The Morgan fingerprint density at radius 1 is 1.10 bits per heavy atom. The van der Waals surface area contributed by atoms with Gasteiger partial charge in [-0.25, -0.2) is 9.67 Å². The van der Waals surface area contributed by atoms with Crippen LogP contribution in [0.3, 0.4) is 0 Å². The summed E-state index contributed by atoms with van der Waals surface area (Å²) < 4.78 is 1.92. The van der Waals surface area contributed by atoms with Crippen LogP contribution in [0.1, 0.15) is 18.2 Å². The van der Waals surface area contributed by atoms with Crippen molar-refractivity contribution in [2.24, 2.45) is 0 Å². The van der Waals surface area contributed by atoms with E-state index in [1.807, 2.05) is 47.1 Å². The molecule has 0 bridgehead atoms. The summed E-state index contributed by atoms with van der Waals surface area (Å²) in [7, 11) is 0. The number of para-hydroxylation sites is 1. The van der Waals surface area contributed by atoms with Crippen LogP contribution in [0.25, 0.3) is 27.5 Å². The average molecular weight is 421 g/mol. The second kappa shape index (κ2) is 7.13. The van der Waals surface area contributed by atoms with E-state index in [4.69, 9.17) is 16.7 Å². The lowest BCUT2D eigenvalue weighted by Crippen LogP contribution is -2.07. The Morgan fingerprint density at radius 2 is 1.86 bits per heavy atom. The molecular formula is C22H17ClN4OS. The van der Waals surface area contributed by atoms with Crippen molar-refractivity contribution in [3.05, 3.63) is 70.9 Å². The fourth-order valence-electron chi connectivity index (χ4n) is 3.70. The molecule has 0 fully saturated rings. The molecule has 4 aromatic rings. The van der Waals surface area contributed by atoms with Gasteiger partial charge >= 0.3 is 0 Å². The summed E-state index contributed by atoms with van der Waals surface area (Å²) in [6.45, 7) is 1.49. The van der Waals surface area contributed by atoms with Crippen molar-refractivity contribution in [1.29, 1.82) is 0 Å². The Bertz CT molecular complexity index is 1230. The first kappa shape index (κ1) is 18.1. The largest absolute Gasteiger partial charge is 0.302 e. The lowest BCUT2D eigenvalue weighted by atomic mass is 9.95. The van der Waals surface area contributed by atoms with Gasteiger partial charge in [0.05, 0.1) is 32.7 Å². The van der Waals surface area contributed by atoms with Crippen molar-refractivity contribution in [3.8, 4) is 27.5 Å². The van der Waals surface area contributed by atoms with E-state index in [0.29, 0.717) is 10.2 Å². The van der Waals surface area contributed by atoms with Gasteiger partial charge in [-0.05, 0) is 25.0 Å². The van der Waals surface area contributed by atoms with Crippen LogP contribution >= 0.6 is 22.9 Å². The smallest absolute Gasteiger partial charge is 0.223 e. The average Bonchev–Trinajstić information content (AvgIpc) is 3.29. The van der Waals surface area contributed by atoms with Gasteiger partial charge in [0.15, 0.2) is 5.13 Å². The van der Waals surface area contributed by atoms with E-state index in [2.05, 4.69) is 22.4 Å². The Hall–Kier alpha value is -2.96. The number of benzene rings is 2. The number of halogens is 1. The number of aromatic nitrogens is 3. The van der Waals surface area contributed by atoms with Crippen LogP contribution in [-0.2, 0) is 17.6 Å². The highest BCUT2D eigenvalue weighted by Crippen LogP contribution is 2.44. The minimum atomic E-state index is -0.124. The van der Waals surface area contributed by atoms with E-state index in [9.17, 15) is 4.79 Å². The van der Waals surface area contributed by atoms with E-state index in [0.717, 1.165) is 46.1 Å². The molecule has 0 spiro atoms. The van der Waals surface area contributed by atoms with Crippen LogP contribution in [-0.4, -0.2) is 20.7 Å². The summed E-state index contributed by atoms with van der Waals surface area (Å²) in [6, 6.07) is 17.9. The molecule has 5 nitrogen and oxygen atoms in total. The van der Waals surface area contributed by atoms with Gasteiger partial charge in [0.2, 0.25) is 5.91 Å². The summed E-state index contributed by atoms with van der Waals surface area (Å²) in [5.41, 5.74) is 6.04. The molecule has 1 amide bonds. The van der Waals surface area contributed by atoms with Crippen molar-refractivity contribution in [3.63, 3.8) is 0 Å². The fourth-order valence-corrected chi connectivity index (χ4v) is 5.03. The second-order valence-electron chi connectivity index (χ2n) is 6.88. The first-order valence-corrected chi connectivity index (χ1v) is 10.5. The molecule has 144 valence electrons. The number of carbonyl (C=O) groups is 1. The standard InChI is InChI=1S/C22H17ClN4OS/c1-13(28)24-22-25-17-12-11-15-19(14-7-3-2-4-8-14)26-27(20(15)21(17)29-22)18-10-6-5-9-16(18)23/h2-10H,11-12H2,1H3,(H,24,25,28). The molecular weight excluding hydrogens is 404 g/mol. The number of thiazole rings is 1. The molecule has 5 rings (SSSR count). The van der Waals surface area contributed by atoms with Crippen LogP contribution < -0.4 is 5.32 Å². The van der Waals surface area contributed by atoms with Crippen LogP contribution in [0.15, 0.2) is 54.6 Å². The maximum absolute atomic E-state index is 11.5. The van der Waals surface area contributed by atoms with E-state index in [1.54, 1.807) is 0 Å². The van der Waals surface area contributed by atoms with Gasteiger partial charge in [-0.1, -0.05) is 65.4 Å². The summed E-state index contributed by atoms with van der Waals surface area (Å²) >= 11 is 8.01. The molecule has 0 saturated heterocycles. The fraction of sp³-hybridized carbons (Fsp3) is 0.136. The second-order valence-corrected chi connectivity index (χ2v) is 8.29. The number of aryl methyl sites for hydroxylation is 1. The summed E-state index contributed by atoms with van der Waals surface area (Å²) in [5.74, 6) is -0.124. The monoisotopic (exact) mass is 420 g/mol. The summed E-state index contributed by atoms with van der Waals surface area (Å²) in [6.07, 6.45) is 1.65. The molecule has 1 N–H and O–H groups in total. The molecule has 7 heteroatoms. The van der Waals surface area contributed by atoms with Gasteiger partial charge in [-0.3, -0.25) is 4.79 Å². The van der Waals surface area contributed by atoms with Crippen molar-refractivity contribution < 1.29 is 4.79 Å². The van der Waals surface area contributed by atoms with Gasteiger partial charge in [0.25, 0.3) is 0 Å². The third-order valence-electron chi connectivity index (χ3n) is 4.92. The Morgan fingerprint density at radius 3 is 2.62 bits per heavy atom. The lowest BCUT2D eigenvalue weighted by molar-refractivity contribution is -0.114. The molecule has 2 aromatic heterocycles. The maximum Gasteiger partial charge on any atom is 0.223 e. The molecule has 2 aromatic carbocycles. The van der Waals surface area contributed by atoms with E-state index >= 15 is 0 Å². The lowest BCUT2D eigenvalue weighted by Gasteiger charge is -2.14.